The van der Waals surface area contributed by atoms with Crippen LogP contribution in [0.4, 0.5) is 0 Å². The number of esters is 1. The fourth-order valence-electron chi connectivity index (χ4n) is 0.955. The summed E-state index contributed by atoms with van der Waals surface area (Å²) < 4.78 is 4.85. The first kappa shape index (κ1) is 12.9. The Bertz CT molecular complexity index is 202. The van der Waals surface area contributed by atoms with Crippen LogP contribution in [0.25, 0.3) is 0 Å². The van der Waals surface area contributed by atoms with Crippen molar-refractivity contribution in [3.63, 3.8) is 0 Å². The van der Waals surface area contributed by atoms with Crippen molar-refractivity contribution in [1.82, 2.24) is 4.90 Å². The van der Waals surface area contributed by atoms with Gasteiger partial charge in [-0.15, -0.1) is 0 Å². The molecule has 0 saturated carbocycles. The zero-order valence-corrected chi connectivity index (χ0v) is 9.37. The molecule has 14 heavy (non-hydrogen) atoms. The van der Waals surface area contributed by atoms with E-state index in [0.717, 1.165) is 12.8 Å². The number of carbonyl (C=O) groups excluding carboxylic acids is 2. The smallest absolute Gasteiger partial charge is 0.309 e. The van der Waals surface area contributed by atoms with Gasteiger partial charge in [-0.1, -0.05) is 20.3 Å². The molecule has 0 saturated heterocycles. The minimum absolute atomic E-state index is 0.116. The van der Waals surface area contributed by atoms with Gasteiger partial charge in [0.2, 0.25) is 0 Å². The Morgan fingerprint density at radius 2 is 1.93 bits per heavy atom. The van der Waals surface area contributed by atoms with Crippen LogP contribution in [0.5, 0.6) is 0 Å². The molecule has 1 amide bonds. The summed E-state index contributed by atoms with van der Waals surface area (Å²) >= 11 is 0. The highest BCUT2D eigenvalue weighted by atomic mass is 16.5. The molecule has 0 bridgehead atoms. The molecule has 0 rings (SSSR count). The summed E-state index contributed by atoms with van der Waals surface area (Å²) in [6, 6.07) is 0. The average molecular weight is 201 g/mol. The van der Waals surface area contributed by atoms with E-state index in [2.05, 4.69) is 0 Å². The van der Waals surface area contributed by atoms with E-state index < -0.39 is 0 Å². The van der Waals surface area contributed by atoms with Crippen molar-refractivity contribution in [3.8, 4) is 0 Å². The van der Waals surface area contributed by atoms with Crippen molar-refractivity contribution in [2.24, 2.45) is 5.92 Å². The maximum absolute atomic E-state index is 11.3. The van der Waals surface area contributed by atoms with Gasteiger partial charge in [-0.05, 0) is 6.42 Å². The van der Waals surface area contributed by atoms with Crippen LogP contribution in [0.3, 0.4) is 0 Å². The first-order valence-electron chi connectivity index (χ1n) is 4.85. The van der Waals surface area contributed by atoms with Gasteiger partial charge in [0, 0.05) is 14.1 Å². The van der Waals surface area contributed by atoms with Gasteiger partial charge in [-0.3, -0.25) is 9.59 Å². The monoisotopic (exact) mass is 201 g/mol. The van der Waals surface area contributed by atoms with Gasteiger partial charge in [0.1, 0.15) is 0 Å². The Morgan fingerprint density at radius 3 is 2.36 bits per heavy atom. The van der Waals surface area contributed by atoms with E-state index in [1.54, 1.807) is 14.1 Å². The average Bonchev–Trinajstić information content (AvgIpc) is 2.13. The third-order valence-electron chi connectivity index (χ3n) is 1.96. The van der Waals surface area contributed by atoms with Gasteiger partial charge in [0.25, 0.3) is 5.91 Å². The number of hydrogen-bond donors (Lipinski definition) is 0. The van der Waals surface area contributed by atoms with Crippen LogP contribution in [-0.4, -0.2) is 37.5 Å². The number of likely N-dealkylation sites (N-methyl/N-ethyl adjacent to an activating group) is 1. The minimum atomic E-state index is -0.290. The predicted molar refractivity (Wildman–Crippen MR) is 53.7 cm³/mol. The van der Waals surface area contributed by atoms with Crippen LogP contribution in [0.1, 0.15) is 26.7 Å². The molecule has 0 radical (unpaired) electrons. The van der Waals surface area contributed by atoms with E-state index in [9.17, 15) is 9.59 Å². The molecule has 0 aromatic rings. The molecular weight excluding hydrogens is 182 g/mol. The third-order valence-corrected chi connectivity index (χ3v) is 1.96. The molecule has 0 aliphatic heterocycles. The number of ether oxygens (including phenoxy) is 1. The number of carbonyl (C=O) groups is 2. The first-order valence-corrected chi connectivity index (χ1v) is 4.85. The van der Waals surface area contributed by atoms with Crippen LogP contribution >= 0.6 is 0 Å². The summed E-state index contributed by atoms with van der Waals surface area (Å²) in [5.41, 5.74) is 0. The Kier molecular flexibility index (Phi) is 5.92. The van der Waals surface area contributed by atoms with Gasteiger partial charge in [0.05, 0.1) is 5.92 Å². The largest absolute Gasteiger partial charge is 0.455 e. The quantitative estimate of drug-likeness (QED) is 0.625. The molecule has 0 N–H and O–H groups in total. The number of hydrogen-bond acceptors (Lipinski definition) is 3. The first-order chi connectivity index (χ1) is 6.49. The third kappa shape index (κ3) is 4.84. The molecule has 1 unspecified atom stereocenters. The van der Waals surface area contributed by atoms with Crippen molar-refractivity contribution < 1.29 is 14.3 Å². The summed E-state index contributed by atoms with van der Waals surface area (Å²) in [5, 5.41) is 0. The zero-order chi connectivity index (χ0) is 11.1. The van der Waals surface area contributed by atoms with Crippen LogP contribution in [0, 0.1) is 5.92 Å². The number of amides is 1. The Morgan fingerprint density at radius 1 is 1.36 bits per heavy atom. The summed E-state index contributed by atoms with van der Waals surface area (Å²) in [7, 11) is 3.26. The molecule has 0 aromatic heterocycles. The second-order valence-electron chi connectivity index (χ2n) is 3.59. The molecule has 0 spiro atoms. The van der Waals surface area contributed by atoms with Crippen molar-refractivity contribution in [1.29, 1.82) is 0 Å². The lowest BCUT2D eigenvalue weighted by Gasteiger charge is -2.12. The van der Waals surface area contributed by atoms with E-state index in [4.69, 9.17) is 4.74 Å². The lowest BCUT2D eigenvalue weighted by molar-refractivity contribution is -0.154. The predicted octanol–water partition coefficient (Wildman–Crippen LogP) is 1.05. The van der Waals surface area contributed by atoms with Gasteiger partial charge >= 0.3 is 5.97 Å². The molecule has 0 heterocycles. The summed E-state index contributed by atoms with van der Waals surface area (Å²) in [6.07, 6.45) is 1.74. The van der Waals surface area contributed by atoms with Crippen molar-refractivity contribution in [3.05, 3.63) is 0 Å². The normalized spacial score (nSPS) is 12.0. The zero-order valence-electron chi connectivity index (χ0n) is 9.37. The molecule has 1 atom stereocenters. The van der Waals surface area contributed by atoms with Gasteiger partial charge in [-0.25, -0.2) is 0 Å². The Hall–Kier alpha value is -1.06. The fraction of sp³-hybridized carbons (Fsp3) is 0.800. The van der Waals surface area contributed by atoms with Crippen molar-refractivity contribution in [2.75, 3.05) is 20.7 Å². The summed E-state index contributed by atoms with van der Waals surface area (Å²) in [5.74, 6) is -0.598. The molecule has 0 fully saturated rings. The highest BCUT2D eigenvalue weighted by molar-refractivity contribution is 5.80. The molecule has 82 valence electrons. The van der Waals surface area contributed by atoms with Crippen LogP contribution in [0.15, 0.2) is 0 Å². The van der Waals surface area contributed by atoms with E-state index in [1.807, 2.05) is 13.8 Å². The van der Waals surface area contributed by atoms with Crippen molar-refractivity contribution >= 4 is 11.9 Å². The van der Waals surface area contributed by atoms with Crippen molar-refractivity contribution in [2.45, 2.75) is 26.7 Å². The molecule has 4 nitrogen and oxygen atoms in total. The lowest BCUT2D eigenvalue weighted by atomic mass is 10.1. The Balaban J connectivity index is 3.79. The van der Waals surface area contributed by atoms with E-state index in [1.165, 1.54) is 4.90 Å². The van der Waals surface area contributed by atoms with E-state index >= 15 is 0 Å². The maximum atomic E-state index is 11.3. The number of rotatable bonds is 5. The van der Waals surface area contributed by atoms with E-state index in [0.29, 0.717) is 0 Å². The van der Waals surface area contributed by atoms with Gasteiger partial charge in [-0.2, -0.15) is 0 Å². The van der Waals surface area contributed by atoms with E-state index in [-0.39, 0.29) is 24.4 Å². The van der Waals surface area contributed by atoms with Gasteiger partial charge < -0.3 is 9.64 Å². The molecule has 4 heteroatoms. The highest BCUT2D eigenvalue weighted by Gasteiger charge is 2.15. The number of nitrogens with zero attached hydrogens (tertiary/aromatic N) is 1. The van der Waals surface area contributed by atoms with Gasteiger partial charge in [0.15, 0.2) is 6.61 Å². The Labute approximate surface area is 85.2 Å². The molecule has 0 aromatic carbocycles. The maximum Gasteiger partial charge on any atom is 0.309 e. The summed E-state index contributed by atoms with van der Waals surface area (Å²) in [4.78, 5) is 23.7. The second kappa shape index (κ2) is 6.40. The lowest BCUT2D eigenvalue weighted by Crippen LogP contribution is -2.28. The standard InChI is InChI=1S/C10H19NO3/c1-5-6-8(2)10(13)14-7-9(12)11(3)4/h8H,5-7H2,1-4H3. The minimum Gasteiger partial charge on any atom is -0.455 e. The highest BCUT2D eigenvalue weighted by Crippen LogP contribution is 2.06. The molecule has 0 aliphatic rings. The van der Waals surface area contributed by atoms with Crippen LogP contribution in [0.2, 0.25) is 0 Å². The molecule has 0 aliphatic carbocycles. The van der Waals surface area contributed by atoms with Crippen LogP contribution < -0.4 is 0 Å². The topological polar surface area (TPSA) is 46.6 Å². The molecular formula is C10H19NO3. The fourth-order valence-corrected chi connectivity index (χ4v) is 0.955. The SMILES string of the molecule is CCCC(C)C(=O)OCC(=O)N(C)C. The van der Waals surface area contributed by atoms with Crippen LogP contribution in [-0.2, 0) is 14.3 Å². The second-order valence-corrected chi connectivity index (χ2v) is 3.59. The summed E-state index contributed by atoms with van der Waals surface area (Å²) in [6.45, 7) is 3.67.